The molecule has 128 valence electrons. The van der Waals surface area contributed by atoms with E-state index in [-0.39, 0.29) is 27.7 Å². The molecule has 0 amide bonds. The van der Waals surface area contributed by atoms with Gasteiger partial charge in [0.1, 0.15) is 22.0 Å². The van der Waals surface area contributed by atoms with Crippen molar-refractivity contribution in [1.29, 1.82) is 0 Å². The van der Waals surface area contributed by atoms with Crippen molar-refractivity contribution in [3.05, 3.63) is 59.1 Å². The van der Waals surface area contributed by atoms with Crippen LogP contribution >= 0.6 is 11.6 Å². The highest BCUT2D eigenvalue weighted by atomic mass is 35.5. The van der Waals surface area contributed by atoms with Crippen molar-refractivity contribution in [2.75, 3.05) is 0 Å². The summed E-state index contributed by atoms with van der Waals surface area (Å²) >= 11 is 5.98. The van der Waals surface area contributed by atoms with E-state index in [2.05, 4.69) is 10.2 Å². The summed E-state index contributed by atoms with van der Waals surface area (Å²) in [6.45, 7) is 1.43. The fourth-order valence-electron chi connectivity index (χ4n) is 2.44. The molecule has 0 atom stereocenters. The third kappa shape index (κ3) is 3.47. The summed E-state index contributed by atoms with van der Waals surface area (Å²) < 4.78 is 35.3. The standard InChI is InChI=1S/C17H12ClFN2O3S/c1-10-8-14(13(18)9-16(10)25(19,23)24)20-21-17-12-5-3-2-4-11(12)6-7-15(17)22/h2-9,22H,1H3. The molecule has 0 fully saturated rings. The fraction of sp³-hybridized carbons (Fsp3) is 0.0588. The number of phenolic OH excluding ortho intramolecular Hbond substituents is 1. The van der Waals surface area contributed by atoms with Gasteiger partial charge in [-0.05, 0) is 36.1 Å². The summed E-state index contributed by atoms with van der Waals surface area (Å²) in [6, 6.07) is 12.9. The van der Waals surface area contributed by atoms with Gasteiger partial charge in [-0.2, -0.15) is 8.42 Å². The fourth-order valence-corrected chi connectivity index (χ4v) is 3.41. The Balaban J connectivity index is 2.10. The van der Waals surface area contributed by atoms with E-state index in [1.807, 2.05) is 12.1 Å². The van der Waals surface area contributed by atoms with Gasteiger partial charge in [0, 0.05) is 5.39 Å². The number of fused-ring (bicyclic) bond motifs is 1. The summed E-state index contributed by atoms with van der Waals surface area (Å²) in [7, 11) is -4.87. The molecule has 0 saturated heterocycles. The third-order valence-corrected chi connectivity index (χ3v) is 4.91. The molecule has 8 heteroatoms. The van der Waals surface area contributed by atoms with Gasteiger partial charge in [0.05, 0.1) is 5.02 Å². The molecular formula is C17H12ClFN2O3S. The highest BCUT2D eigenvalue weighted by Gasteiger charge is 2.18. The Hall–Kier alpha value is -2.51. The number of nitrogens with zero attached hydrogens (tertiary/aromatic N) is 2. The van der Waals surface area contributed by atoms with Gasteiger partial charge in [-0.15, -0.1) is 14.1 Å². The lowest BCUT2D eigenvalue weighted by molar-refractivity contribution is 0.477. The molecule has 0 saturated carbocycles. The minimum Gasteiger partial charge on any atom is -0.506 e. The maximum atomic E-state index is 13.2. The van der Waals surface area contributed by atoms with Crippen molar-refractivity contribution < 1.29 is 17.4 Å². The summed E-state index contributed by atoms with van der Waals surface area (Å²) in [6.07, 6.45) is 0. The topological polar surface area (TPSA) is 79.1 Å². The van der Waals surface area contributed by atoms with Gasteiger partial charge in [-0.3, -0.25) is 0 Å². The van der Waals surface area contributed by atoms with Crippen LogP contribution in [-0.2, 0) is 10.2 Å². The Morgan fingerprint density at radius 2 is 1.80 bits per heavy atom. The molecule has 0 heterocycles. The van der Waals surface area contributed by atoms with Gasteiger partial charge in [0.25, 0.3) is 0 Å². The normalized spacial score (nSPS) is 12.1. The molecule has 1 N–H and O–H groups in total. The van der Waals surface area contributed by atoms with Gasteiger partial charge in [0.2, 0.25) is 0 Å². The maximum absolute atomic E-state index is 13.2. The Bertz CT molecular complexity index is 1110. The molecule has 0 aliphatic carbocycles. The Morgan fingerprint density at radius 3 is 2.52 bits per heavy atom. The molecular weight excluding hydrogens is 367 g/mol. The van der Waals surface area contributed by atoms with Gasteiger partial charge in [0.15, 0.2) is 0 Å². The zero-order chi connectivity index (χ0) is 18.2. The van der Waals surface area contributed by atoms with Crippen LogP contribution in [0, 0.1) is 6.92 Å². The minimum atomic E-state index is -4.87. The Morgan fingerprint density at radius 1 is 1.08 bits per heavy atom. The van der Waals surface area contributed by atoms with E-state index in [0.717, 1.165) is 11.5 Å². The Kier molecular flexibility index (Phi) is 4.45. The summed E-state index contributed by atoms with van der Waals surface area (Å²) in [5, 5.41) is 19.6. The minimum absolute atomic E-state index is 0.0572. The first-order chi connectivity index (χ1) is 11.8. The number of aryl methyl sites for hydroxylation is 1. The number of azo groups is 1. The average molecular weight is 379 g/mol. The number of hydrogen-bond donors (Lipinski definition) is 1. The summed E-state index contributed by atoms with van der Waals surface area (Å²) in [5.74, 6) is -0.0572. The van der Waals surface area contributed by atoms with E-state index < -0.39 is 15.1 Å². The van der Waals surface area contributed by atoms with Crippen LogP contribution in [0.3, 0.4) is 0 Å². The number of aromatic hydroxyl groups is 1. The van der Waals surface area contributed by atoms with Crippen LogP contribution in [0.4, 0.5) is 15.3 Å². The molecule has 0 aliphatic heterocycles. The monoisotopic (exact) mass is 378 g/mol. The molecule has 0 radical (unpaired) electrons. The van der Waals surface area contributed by atoms with Crippen molar-refractivity contribution in [2.45, 2.75) is 11.8 Å². The number of benzene rings is 3. The molecule has 3 rings (SSSR count). The van der Waals surface area contributed by atoms with Crippen LogP contribution in [0.2, 0.25) is 5.02 Å². The van der Waals surface area contributed by atoms with Crippen LogP contribution in [0.25, 0.3) is 10.8 Å². The molecule has 0 bridgehead atoms. The number of hydrogen-bond acceptors (Lipinski definition) is 5. The first-order valence-electron chi connectivity index (χ1n) is 7.14. The lowest BCUT2D eigenvalue weighted by Crippen LogP contribution is -1.95. The lowest BCUT2D eigenvalue weighted by Gasteiger charge is -2.06. The van der Waals surface area contributed by atoms with E-state index in [4.69, 9.17) is 11.6 Å². The molecule has 0 unspecified atom stereocenters. The third-order valence-electron chi connectivity index (χ3n) is 3.64. The van der Waals surface area contributed by atoms with E-state index in [9.17, 15) is 17.4 Å². The SMILES string of the molecule is Cc1cc(N=Nc2c(O)ccc3ccccc23)c(Cl)cc1S(=O)(=O)F. The van der Waals surface area contributed by atoms with E-state index in [0.29, 0.717) is 5.39 Å². The number of halogens is 2. The van der Waals surface area contributed by atoms with Crippen LogP contribution in [-0.4, -0.2) is 13.5 Å². The molecule has 0 spiro atoms. The predicted molar refractivity (Wildman–Crippen MR) is 94.3 cm³/mol. The quantitative estimate of drug-likeness (QED) is 0.477. The van der Waals surface area contributed by atoms with Crippen molar-refractivity contribution in [2.24, 2.45) is 10.2 Å². The Labute approximate surface area is 148 Å². The molecule has 5 nitrogen and oxygen atoms in total. The molecule has 3 aromatic carbocycles. The van der Waals surface area contributed by atoms with Crippen LogP contribution < -0.4 is 0 Å². The van der Waals surface area contributed by atoms with E-state index >= 15 is 0 Å². The average Bonchev–Trinajstić information content (AvgIpc) is 2.55. The first-order valence-corrected chi connectivity index (χ1v) is 8.91. The van der Waals surface area contributed by atoms with Gasteiger partial charge in [-0.1, -0.05) is 41.9 Å². The lowest BCUT2D eigenvalue weighted by atomic mass is 10.1. The second kappa shape index (κ2) is 6.42. The van der Waals surface area contributed by atoms with Crippen molar-refractivity contribution in [3.8, 4) is 5.75 Å². The van der Waals surface area contributed by atoms with Crippen LogP contribution in [0.1, 0.15) is 5.56 Å². The van der Waals surface area contributed by atoms with Gasteiger partial charge in [-0.25, -0.2) is 0 Å². The van der Waals surface area contributed by atoms with Crippen LogP contribution in [0.5, 0.6) is 5.75 Å². The zero-order valence-corrected chi connectivity index (χ0v) is 14.5. The molecule has 0 aliphatic rings. The maximum Gasteiger partial charge on any atom is 0.332 e. The van der Waals surface area contributed by atoms with Gasteiger partial charge >= 0.3 is 10.2 Å². The molecule has 3 aromatic rings. The van der Waals surface area contributed by atoms with Gasteiger partial charge < -0.3 is 5.11 Å². The molecule has 0 aromatic heterocycles. The predicted octanol–water partition coefficient (Wildman–Crippen LogP) is 5.58. The zero-order valence-electron chi connectivity index (χ0n) is 12.9. The second-order valence-electron chi connectivity index (χ2n) is 5.36. The largest absolute Gasteiger partial charge is 0.506 e. The van der Waals surface area contributed by atoms with Crippen molar-refractivity contribution in [1.82, 2.24) is 0 Å². The first kappa shape index (κ1) is 17.3. The van der Waals surface area contributed by atoms with Crippen molar-refractivity contribution >= 4 is 44.0 Å². The number of phenols is 1. The molecule has 25 heavy (non-hydrogen) atoms. The highest BCUT2D eigenvalue weighted by molar-refractivity contribution is 7.86. The van der Waals surface area contributed by atoms with E-state index in [1.54, 1.807) is 18.2 Å². The second-order valence-corrected chi connectivity index (χ2v) is 7.08. The smallest absolute Gasteiger partial charge is 0.332 e. The van der Waals surface area contributed by atoms with Crippen molar-refractivity contribution in [3.63, 3.8) is 0 Å². The number of rotatable bonds is 3. The summed E-state index contributed by atoms with van der Waals surface area (Å²) in [4.78, 5) is -0.510. The summed E-state index contributed by atoms with van der Waals surface area (Å²) in [5.41, 5.74) is 0.580. The van der Waals surface area contributed by atoms with Crippen LogP contribution in [0.15, 0.2) is 63.7 Å². The van der Waals surface area contributed by atoms with E-state index in [1.165, 1.54) is 19.1 Å². The highest BCUT2D eigenvalue weighted by Crippen LogP contribution is 2.38.